The van der Waals surface area contributed by atoms with Gasteiger partial charge in [0, 0.05) is 0 Å². The van der Waals surface area contributed by atoms with Crippen molar-refractivity contribution in [1.29, 1.82) is 5.26 Å². The van der Waals surface area contributed by atoms with Gasteiger partial charge in [0.05, 0.1) is 30.6 Å². The monoisotopic (exact) mass is 554 g/mol. The van der Waals surface area contributed by atoms with E-state index in [1.54, 1.807) is 11.5 Å². The number of hydrogen-bond acceptors (Lipinski definition) is 8. The predicted molar refractivity (Wildman–Crippen MR) is 131 cm³/mol. The number of nitriles is 1. The highest BCUT2D eigenvalue weighted by atomic mass is 31.2. The van der Waals surface area contributed by atoms with Crippen LogP contribution in [0, 0.1) is 11.3 Å². The first-order valence-electron chi connectivity index (χ1n) is 11.1. The van der Waals surface area contributed by atoms with Crippen molar-refractivity contribution in [1.82, 2.24) is 29.7 Å². The van der Waals surface area contributed by atoms with Crippen LogP contribution in [0.4, 0.5) is 19.0 Å². The summed E-state index contributed by atoms with van der Waals surface area (Å²) in [6, 6.07) is 3.91. The van der Waals surface area contributed by atoms with Crippen LogP contribution in [0.15, 0.2) is 36.9 Å². The molecular weight excluding hydrogens is 528 g/mol. The highest BCUT2D eigenvalue weighted by Gasteiger charge is 2.46. The summed E-state index contributed by atoms with van der Waals surface area (Å²) in [7, 11) is -4.39. The van der Waals surface area contributed by atoms with E-state index in [0.29, 0.717) is 11.2 Å². The number of carbonyl (C=O) groups is 1. The van der Waals surface area contributed by atoms with Crippen LogP contribution in [-0.4, -0.2) is 54.8 Å². The summed E-state index contributed by atoms with van der Waals surface area (Å²) >= 11 is 0. The Labute approximate surface area is 215 Å². The molecule has 16 heteroatoms. The average Bonchev–Trinajstić information content (AvgIpc) is 3.24. The van der Waals surface area contributed by atoms with Crippen LogP contribution >= 0.6 is 7.44 Å². The van der Waals surface area contributed by atoms with Gasteiger partial charge in [-0.2, -0.15) is 18.4 Å². The molecule has 0 amide bonds. The molecule has 0 fully saturated rings. The fraction of sp³-hybridized carbons (Fsp3) is 0.409. The third-order valence-electron chi connectivity index (χ3n) is 5.46. The fourth-order valence-corrected chi connectivity index (χ4v) is 5.87. The Morgan fingerprint density at radius 2 is 1.92 bits per heavy atom. The zero-order chi connectivity index (χ0) is 28.3. The lowest BCUT2D eigenvalue weighted by molar-refractivity contribution is -0.153. The molecular formula is C22H26F3N8O4P. The first-order valence-corrected chi connectivity index (χ1v) is 13.0. The molecule has 3 atom stereocenters. The van der Waals surface area contributed by atoms with E-state index in [0.717, 1.165) is 12.1 Å². The quantitative estimate of drug-likeness (QED) is 0.256. The highest BCUT2D eigenvalue weighted by molar-refractivity contribution is 7.59. The number of imidazole rings is 1. The van der Waals surface area contributed by atoms with Crippen molar-refractivity contribution in [3.8, 4) is 6.07 Å². The second-order valence-electron chi connectivity index (χ2n) is 9.05. The lowest BCUT2D eigenvalue weighted by Crippen LogP contribution is -2.49. The molecule has 0 saturated heterocycles. The molecule has 204 valence electrons. The Kier molecular flexibility index (Phi) is 8.42. The number of nitrogens with two attached hydrogens (primary N) is 1. The predicted octanol–water partition coefficient (Wildman–Crippen LogP) is 3.18. The molecule has 0 radical (unpaired) electrons. The molecule has 1 aromatic carbocycles. The van der Waals surface area contributed by atoms with E-state index in [4.69, 9.17) is 15.7 Å². The summed E-state index contributed by atoms with van der Waals surface area (Å²) in [6.07, 6.45) is -3.73. The zero-order valence-corrected chi connectivity index (χ0v) is 21.5. The fourth-order valence-electron chi connectivity index (χ4n) is 3.49. The van der Waals surface area contributed by atoms with Gasteiger partial charge in [-0.15, -0.1) is 0 Å². The standard InChI is InChI=1S/C22H26F3N8O4P/c1-13(9-33-11-30-16-18(27)28-10-29-19(16)33)37-12-38(36,32-21(2,3)20(34)35)31-17(22(23,24)25)15-6-4-14(8-26)5-7-15/h4-7,10-11,13,17H,9,12H2,1-3H3,(H,34,35)(H2,27,28,29)(H2,31,32,36)/t13?,17-,38?/m1/s1. The number of nitrogens with one attached hydrogen (secondary N) is 2. The molecule has 5 N–H and O–H groups in total. The first kappa shape index (κ1) is 29.0. The lowest BCUT2D eigenvalue weighted by atomic mass is 10.1. The van der Waals surface area contributed by atoms with Crippen LogP contribution in [-0.2, 0) is 20.6 Å². The number of aromatic nitrogens is 4. The van der Waals surface area contributed by atoms with Gasteiger partial charge in [-0.3, -0.25) is 9.36 Å². The summed E-state index contributed by atoms with van der Waals surface area (Å²) in [6.45, 7) is 4.04. The first-order chi connectivity index (χ1) is 17.6. The minimum atomic E-state index is -4.92. The normalized spacial score (nSPS) is 15.5. The summed E-state index contributed by atoms with van der Waals surface area (Å²) in [5.41, 5.74) is 4.48. The number of carboxylic acid groups (broad SMARTS) is 1. The van der Waals surface area contributed by atoms with Crippen LogP contribution in [0.25, 0.3) is 11.2 Å². The Morgan fingerprint density at radius 3 is 2.50 bits per heavy atom. The number of fused-ring (bicyclic) bond motifs is 1. The van der Waals surface area contributed by atoms with Crippen molar-refractivity contribution in [2.75, 3.05) is 12.1 Å². The zero-order valence-electron chi connectivity index (χ0n) is 20.6. The van der Waals surface area contributed by atoms with Crippen LogP contribution < -0.4 is 15.9 Å². The Balaban J connectivity index is 1.86. The summed E-state index contributed by atoms with van der Waals surface area (Å²) in [5, 5.41) is 22.9. The summed E-state index contributed by atoms with van der Waals surface area (Å²) in [5.74, 6) is -1.27. The van der Waals surface area contributed by atoms with Crippen molar-refractivity contribution >= 4 is 30.4 Å². The average molecular weight is 554 g/mol. The number of alkyl halides is 3. The van der Waals surface area contributed by atoms with E-state index in [9.17, 15) is 27.6 Å². The topological polar surface area (TPSA) is 181 Å². The number of nitrogen functional groups attached to an aromatic ring is 1. The second-order valence-corrected chi connectivity index (χ2v) is 11.3. The van der Waals surface area contributed by atoms with Crippen molar-refractivity contribution in [3.05, 3.63) is 48.0 Å². The van der Waals surface area contributed by atoms with Crippen LogP contribution in [0.2, 0.25) is 0 Å². The van der Waals surface area contributed by atoms with Crippen molar-refractivity contribution in [3.63, 3.8) is 0 Å². The van der Waals surface area contributed by atoms with Gasteiger partial charge in [0.25, 0.3) is 0 Å². The van der Waals surface area contributed by atoms with E-state index in [1.165, 1.54) is 38.6 Å². The third kappa shape index (κ3) is 6.84. The largest absolute Gasteiger partial charge is 0.480 e. The van der Waals surface area contributed by atoms with Crippen LogP contribution in [0.3, 0.4) is 0 Å². The number of benzene rings is 1. The highest BCUT2D eigenvalue weighted by Crippen LogP contribution is 2.46. The maximum Gasteiger partial charge on any atom is 0.408 e. The third-order valence-corrected chi connectivity index (χ3v) is 7.57. The van der Waals surface area contributed by atoms with E-state index in [2.05, 4.69) is 25.1 Å². The molecule has 0 bridgehead atoms. The molecule has 2 aromatic heterocycles. The van der Waals surface area contributed by atoms with Crippen molar-refractivity contribution < 1.29 is 32.4 Å². The van der Waals surface area contributed by atoms with Gasteiger partial charge in [0.15, 0.2) is 11.5 Å². The van der Waals surface area contributed by atoms with Gasteiger partial charge in [0.1, 0.15) is 29.8 Å². The van der Waals surface area contributed by atoms with Gasteiger partial charge in [-0.05, 0) is 38.5 Å². The number of carboxylic acids is 1. The molecule has 2 unspecified atom stereocenters. The number of rotatable bonds is 11. The number of aliphatic carboxylic acids is 1. The molecule has 2 heterocycles. The minimum Gasteiger partial charge on any atom is -0.480 e. The number of hydrogen-bond donors (Lipinski definition) is 4. The van der Waals surface area contributed by atoms with Gasteiger partial charge in [-0.1, -0.05) is 12.1 Å². The van der Waals surface area contributed by atoms with Crippen molar-refractivity contribution in [2.45, 2.75) is 51.2 Å². The smallest absolute Gasteiger partial charge is 0.408 e. The number of halogens is 3. The van der Waals surface area contributed by atoms with Gasteiger partial charge in [0.2, 0.25) is 7.44 Å². The van der Waals surface area contributed by atoms with E-state index >= 15 is 0 Å². The molecule has 3 aromatic rings. The van der Waals surface area contributed by atoms with Gasteiger partial charge >= 0.3 is 12.1 Å². The Bertz CT molecular complexity index is 1390. The number of nitrogens with zero attached hydrogens (tertiary/aromatic N) is 5. The van der Waals surface area contributed by atoms with Gasteiger partial charge in [-0.25, -0.2) is 25.1 Å². The number of anilines is 1. The van der Waals surface area contributed by atoms with E-state index < -0.39 is 43.6 Å². The summed E-state index contributed by atoms with van der Waals surface area (Å²) < 4.78 is 63.3. The van der Waals surface area contributed by atoms with Crippen LogP contribution in [0.1, 0.15) is 37.9 Å². The molecule has 12 nitrogen and oxygen atoms in total. The number of ether oxygens (including phenoxy) is 1. The van der Waals surface area contributed by atoms with E-state index in [1.807, 2.05) is 6.07 Å². The maximum absolute atomic E-state index is 14.1. The summed E-state index contributed by atoms with van der Waals surface area (Å²) in [4.78, 5) is 23.8. The maximum atomic E-state index is 14.1. The van der Waals surface area contributed by atoms with Crippen molar-refractivity contribution in [2.24, 2.45) is 0 Å². The SMILES string of the molecule is CC(Cn1cnc2c(N)ncnc21)OCP(=O)(N[C@H](c1ccc(C#N)cc1)C(F)(F)F)NC(C)(C)C(=O)O. The van der Waals surface area contributed by atoms with Gasteiger partial charge < -0.3 is 20.1 Å². The Morgan fingerprint density at radius 1 is 1.26 bits per heavy atom. The molecule has 0 aliphatic carbocycles. The molecule has 0 spiro atoms. The van der Waals surface area contributed by atoms with Crippen LogP contribution in [0.5, 0.6) is 0 Å². The molecule has 38 heavy (non-hydrogen) atoms. The lowest BCUT2D eigenvalue weighted by Gasteiger charge is -2.33. The molecule has 0 aliphatic rings. The molecule has 0 aliphatic heterocycles. The second kappa shape index (κ2) is 11.0. The molecule has 0 saturated carbocycles. The Hall–Kier alpha value is -3.57. The van der Waals surface area contributed by atoms with E-state index in [-0.39, 0.29) is 23.5 Å². The molecule has 3 rings (SSSR count). The minimum absolute atomic E-state index is 0.119.